The van der Waals surface area contributed by atoms with Crippen LogP contribution in [0.2, 0.25) is 0 Å². The van der Waals surface area contributed by atoms with Crippen molar-refractivity contribution in [1.82, 2.24) is 0 Å². The zero-order valence-electron chi connectivity index (χ0n) is 7.74. The lowest BCUT2D eigenvalue weighted by Crippen LogP contribution is -2.32. The number of aliphatic hydroxyl groups excluding tert-OH is 1. The van der Waals surface area contributed by atoms with Gasteiger partial charge in [0, 0.05) is 13.0 Å². The molecule has 0 aromatic rings. The van der Waals surface area contributed by atoms with Crippen molar-refractivity contribution in [2.45, 2.75) is 19.4 Å². The number of carbonyl (C=O) groups is 1. The van der Waals surface area contributed by atoms with E-state index in [1.807, 2.05) is 6.92 Å². The molecule has 0 spiro atoms. The molecule has 0 radical (unpaired) electrons. The average molecular weight is 176 g/mol. The summed E-state index contributed by atoms with van der Waals surface area (Å²) in [7, 11) is 2.79. The van der Waals surface area contributed by atoms with Crippen LogP contribution < -0.4 is 0 Å². The number of esters is 1. The maximum atomic E-state index is 10.9. The zero-order chi connectivity index (χ0) is 9.56. The summed E-state index contributed by atoms with van der Waals surface area (Å²) in [5.74, 6) is -0.777. The van der Waals surface area contributed by atoms with Crippen LogP contribution in [0.5, 0.6) is 0 Å². The van der Waals surface area contributed by atoms with E-state index in [1.165, 1.54) is 14.2 Å². The molecule has 2 atom stereocenters. The van der Waals surface area contributed by atoms with E-state index in [1.54, 1.807) is 0 Å². The van der Waals surface area contributed by atoms with Crippen LogP contribution in [0.4, 0.5) is 0 Å². The van der Waals surface area contributed by atoms with Gasteiger partial charge in [0.15, 0.2) is 6.10 Å². The van der Waals surface area contributed by atoms with Crippen LogP contribution in [0.3, 0.4) is 0 Å². The Morgan fingerprint density at radius 2 is 2.08 bits per heavy atom. The molecule has 12 heavy (non-hydrogen) atoms. The van der Waals surface area contributed by atoms with E-state index in [0.29, 0.717) is 13.0 Å². The molecule has 72 valence electrons. The Bertz CT molecular complexity index is 135. The third-order valence-corrected chi connectivity index (χ3v) is 1.79. The van der Waals surface area contributed by atoms with Crippen molar-refractivity contribution in [2.24, 2.45) is 5.92 Å². The molecule has 0 aliphatic carbocycles. The number of hydrogen-bond acceptors (Lipinski definition) is 4. The molecule has 0 aliphatic rings. The number of aliphatic hydroxyl groups is 1. The maximum absolute atomic E-state index is 10.9. The predicted octanol–water partition coefficient (Wildman–Crippen LogP) is 0.193. The van der Waals surface area contributed by atoms with E-state index in [-0.39, 0.29) is 5.92 Å². The number of hydrogen-bond donors (Lipinski definition) is 1. The average Bonchev–Trinajstić information content (AvgIpc) is 2.11. The molecule has 0 bridgehead atoms. The summed E-state index contributed by atoms with van der Waals surface area (Å²) in [5, 5.41) is 9.35. The van der Waals surface area contributed by atoms with Gasteiger partial charge in [0.05, 0.1) is 13.7 Å². The third kappa shape index (κ3) is 3.19. The first-order valence-electron chi connectivity index (χ1n) is 3.92. The fraction of sp³-hybridized carbons (Fsp3) is 0.875. The molecule has 0 heterocycles. The SMILES string of the molecule is CCC(COC)C(O)C(=O)OC. The molecular formula is C8H16O4. The summed E-state index contributed by atoms with van der Waals surface area (Å²) in [4.78, 5) is 10.9. The molecule has 4 nitrogen and oxygen atoms in total. The van der Waals surface area contributed by atoms with E-state index in [9.17, 15) is 9.90 Å². The molecule has 0 rings (SSSR count). The summed E-state index contributed by atoms with van der Waals surface area (Å²) < 4.78 is 9.24. The molecule has 2 unspecified atom stereocenters. The van der Waals surface area contributed by atoms with Crippen LogP contribution in [-0.4, -0.2) is 38.0 Å². The zero-order valence-corrected chi connectivity index (χ0v) is 7.74. The Hall–Kier alpha value is -0.610. The van der Waals surface area contributed by atoms with E-state index in [2.05, 4.69) is 4.74 Å². The topological polar surface area (TPSA) is 55.8 Å². The fourth-order valence-corrected chi connectivity index (χ4v) is 0.960. The fourth-order valence-electron chi connectivity index (χ4n) is 0.960. The van der Waals surface area contributed by atoms with E-state index >= 15 is 0 Å². The summed E-state index contributed by atoms with van der Waals surface area (Å²) >= 11 is 0. The Morgan fingerprint density at radius 1 is 1.50 bits per heavy atom. The smallest absolute Gasteiger partial charge is 0.335 e. The van der Waals surface area contributed by atoms with Crippen LogP contribution in [-0.2, 0) is 14.3 Å². The quantitative estimate of drug-likeness (QED) is 0.608. The summed E-state index contributed by atoms with van der Waals surface area (Å²) in [6.45, 7) is 2.25. The number of ether oxygens (including phenoxy) is 2. The van der Waals surface area contributed by atoms with Crippen molar-refractivity contribution < 1.29 is 19.4 Å². The second-order valence-corrected chi connectivity index (χ2v) is 2.59. The molecule has 1 N–H and O–H groups in total. The molecule has 0 aliphatic heterocycles. The molecule has 0 aromatic heterocycles. The van der Waals surface area contributed by atoms with Crippen molar-refractivity contribution in [1.29, 1.82) is 0 Å². The number of methoxy groups -OCH3 is 2. The molecule has 0 aromatic carbocycles. The van der Waals surface area contributed by atoms with E-state index in [0.717, 1.165) is 0 Å². The van der Waals surface area contributed by atoms with Crippen LogP contribution in [0.1, 0.15) is 13.3 Å². The molecule has 0 saturated heterocycles. The van der Waals surface area contributed by atoms with Gasteiger partial charge in [-0.1, -0.05) is 6.92 Å². The van der Waals surface area contributed by atoms with E-state index in [4.69, 9.17) is 4.74 Å². The van der Waals surface area contributed by atoms with Crippen molar-refractivity contribution in [3.8, 4) is 0 Å². The van der Waals surface area contributed by atoms with Crippen molar-refractivity contribution in [2.75, 3.05) is 20.8 Å². The van der Waals surface area contributed by atoms with Gasteiger partial charge in [0.2, 0.25) is 0 Å². The standard InChI is InChI=1S/C8H16O4/c1-4-6(5-11-2)7(9)8(10)12-3/h6-7,9H,4-5H2,1-3H3. The van der Waals surface area contributed by atoms with Gasteiger partial charge in [-0.3, -0.25) is 0 Å². The van der Waals surface area contributed by atoms with Gasteiger partial charge in [0.1, 0.15) is 0 Å². The second kappa shape index (κ2) is 5.97. The Labute approximate surface area is 72.5 Å². The number of rotatable bonds is 5. The van der Waals surface area contributed by atoms with Gasteiger partial charge in [-0.15, -0.1) is 0 Å². The van der Waals surface area contributed by atoms with Gasteiger partial charge in [0.25, 0.3) is 0 Å². The van der Waals surface area contributed by atoms with Crippen LogP contribution >= 0.6 is 0 Å². The molecular weight excluding hydrogens is 160 g/mol. The van der Waals surface area contributed by atoms with Gasteiger partial charge in [-0.2, -0.15) is 0 Å². The van der Waals surface area contributed by atoms with Gasteiger partial charge >= 0.3 is 5.97 Å². The highest BCUT2D eigenvalue weighted by Crippen LogP contribution is 2.10. The Morgan fingerprint density at radius 3 is 2.42 bits per heavy atom. The normalized spacial score (nSPS) is 15.3. The number of carbonyl (C=O) groups excluding carboxylic acids is 1. The highest BCUT2D eigenvalue weighted by atomic mass is 16.5. The minimum Gasteiger partial charge on any atom is -0.467 e. The van der Waals surface area contributed by atoms with Crippen LogP contribution in [0.25, 0.3) is 0 Å². The van der Waals surface area contributed by atoms with Crippen LogP contribution in [0.15, 0.2) is 0 Å². The molecule has 4 heteroatoms. The molecule has 0 fully saturated rings. The largest absolute Gasteiger partial charge is 0.467 e. The van der Waals surface area contributed by atoms with Crippen molar-refractivity contribution >= 4 is 5.97 Å². The maximum Gasteiger partial charge on any atom is 0.335 e. The van der Waals surface area contributed by atoms with Crippen molar-refractivity contribution in [3.63, 3.8) is 0 Å². The first-order chi connectivity index (χ1) is 5.67. The van der Waals surface area contributed by atoms with E-state index < -0.39 is 12.1 Å². The minimum absolute atomic E-state index is 0.178. The monoisotopic (exact) mass is 176 g/mol. The lowest BCUT2D eigenvalue weighted by molar-refractivity contribution is -0.154. The van der Waals surface area contributed by atoms with Gasteiger partial charge in [-0.05, 0) is 6.42 Å². The third-order valence-electron chi connectivity index (χ3n) is 1.79. The van der Waals surface area contributed by atoms with Crippen LogP contribution in [0, 0.1) is 5.92 Å². The molecule has 0 amide bonds. The Kier molecular flexibility index (Phi) is 5.66. The van der Waals surface area contributed by atoms with Crippen molar-refractivity contribution in [3.05, 3.63) is 0 Å². The van der Waals surface area contributed by atoms with Gasteiger partial charge in [-0.25, -0.2) is 4.79 Å². The van der Waals surface area contributed by atoms with Gasteiger partial charge < -0.3 is 14.6 Å². The highest BCUT2D eigenvalue weighted by Gasteiger charge is 2.24. The summed E-state index contributed by atoms with van der Waals surface area (Å²) in [6.07, 6.45) is -0.385. The minimum atomic E-state index is -1.07. The first-order valence-corrected chi connectivity index (χ1v) is 3.92. The Balaban J connectivity index is 4.00. The second-order valence-electron chi connectivity index (χ2n) is 2.59. The highest BCUT2D eigenvalue weighted by molar-refractivity contribution is 5.74. The summed E-state index contributed by atoms with van der Waals surface area (Å²) in [6, 6.07) is 0. The first kappa shape index (κ1) is 11.4. The molecule has 0 saturated carbocycles. The summed E-state index contributed by atoms with van der Waals surface area (Å²) in [5.41, 5.74) is 0. The predicted molar refractivity (Wildman–Crippen MR) is 43.7 cm³/mol. The lowest BCUT2D eigenvalue weighted by Gasteiger charge is -2.18. The lowest BCUT2D eigenvalue weighted by atomic mass is 10.0.